The van der Waals surface area contributed by atoms with Crippen molar-refractivity contribution < 1.29 is 5.11 Å². The minimum atomic E-state index is 0.243. The fourth-order valence-corrected chi connectivity index (χ4v) is 1.88. The van der Waals surface area contributed by atoms with E-state index < -0.39 is 0 Å². The third-order valence-corrected chi connectivity index (χ3v) is 2.47. The highest BCUT2D eigenvalue weighted by molar-refractivity contribution is 7.13. The van der Waals surface area contributed by atoms with Crippen LogP contribution in [0.4, 0.5) is 0 Å². The zero-order valence-corrected chi connectivity index (χ0v) is 7.95. The second-order valence-electron chi connectivity index (χ2n) is 3.01. The maximum absolute atomic E-state index is 8.58. The van der Waals surface area contributed by atoms with Gasteiger partial charge in [-0.25, -0.2) is 0 Å². The Bertz CT molecular complexity index is 113. The molecule has 1 aliphatic heterocycles. The topological polar surface area (TPSA) is 35.5 Å². The fourth-order valence-electron chi connectivity index (χ4n) is 1.44. The predicted octanol–water partition coefficient (Wildman–Crippen LogP) is -0.177. The first-order valence-electron chi connectivity index (χ1n) is 4.17. The van der Waals surface area contributed by atoms with Gasteiger partial charge in [0.15, 0.2) is 0 Å². The Balaban J connectivity index is 2.12. The molecule has 1 fully saturated rings. The average molecular weight is 176 g/mol. The van der Waals surface area contributed by atoms with Crippen LogP contribution >= 0.6 is 9.39 Å². The van der Waals surface area contributed by atoms with Crippen LogP contribution in [0.2, 0.25) is 0 Å². The third-order valence-electron chi connectivity index (χ3n) is 2.00. The van der Waals surface area contributed by atoms with Crippen molar-refractivity contribution in [1.82, 2.24) is 9.99 Å². The van der Waals surface area contributed by atoms with Gasteiger partial charge in [-0.2, -0.15) is 0 Å². The predicted molar refractivity (Wildman–Crippen MR) is 49.4 cm³/mol. The molecule has 0 aromatic carbocycles. The molecule has 0 radical (unpaired) electrons. The number of nitrogens with zero attached hydrogens (tertiary/aromatic N) is 1. The molecule has 0 amide bonds. The van der Waals surface area contributed by atoms with Crippen LogP contribution in [0.5, 0.6) is 0 Å². The van der Waals surface area contributed by atoms with Crippen LogP contribution in [-0.2, 0) is 0 Å². The van der Waals surface area contributed by atoms with Gasteiger partial charge in [0.1, 0.15) is 0 Å². The molecule has 2 N–H and O–H groups in total. The molecule has 2 unspecified atom stereocenters. The summed E-state index contributed by atoms with van der Waals surface area (Å²) in [6, 6.07) is 0.577. The van der Waals surface area contributed by atoms with E-state index in [9.17, 15) is 0 Å². The van der Waals surface area contributed by atoms with Crippen molar-refractivity contribution in [3.63, 3.8) is 0 Å². The zero-order chi connectivity index (χ0) is 8.10. The highest BCUT2D eigenvalue weighted by Crippen LogP contribution is 2.12. The molecule has 0 aliphatic carbocycles. The smallest absolute Gasteiger partial charge is 0.0556 e. The molecule has 2 atom stereocenters. The number of aliphatic hydroxyl groups is 1. The lowest BCUT2D eigenvalue weighted by Crippen LogP contribution is -2.42. The van der Waals surface area contributed by atoms with E-state index in [0.717, 1.165) is 13.1 Å². The van der Waals surface area contributed by atoms with Crippen molar-refractivity contribution in [1.29, 1.82) is 0 Å². The van der Waals surface area contributed by atoms with Crippen molar-refractivity contribution in [3.8, 4) is 0 Å². The Kier molecular flexibility index (Phi) is 4.31. The number of hydrogen-bond donors (Lipinski definition) is 2. The van der Waals surface area contributed by atoms with Crippen molar-refractivity contribution in [2.45, 2.75) is 18.9 Å². The molecule has 0 spiro atoms. The van der Waals surface area contributed by atoms with E-state index >= 15 is 0 Å². The first-order valence-corrected chi connectivity index (χ1v) is 4.68. The Morgan fingerprint density at radius 2 is 2.45 bits per heavy atom. The molecule has 0 bridgehead atoms. The molecule has 1 rings (SSSR count). The summed E-state index contributed by atoms with van der Waals surface area (Å²) in [6.45, 7) is 3.24. The van der Waals surface area contributed by atoms with Gasteiger partial charge in [-0.3, -0.25) is 4.67 Å². The first kappa shape index (κ1) is 9.40. The van der Waals surface area contributed by atoms with E-state index in [0.29, 0.717) is 6.04 Å². The second kappa shape index (κ2) is 5.04. The van der Waals surface area contributed by atoms with Gasteiger partial charge in [-0.1, -0.05) is 9.39 Å². The largest absolute Gasteiger partial charge is 0.395 e. The summed E-state index contributed by atoms with van der Waals surface area (Å²) in [5.41, 5.74) is 0. The quantitative estimate of drug-likeness (QED) is 0.586. The van der Waals surface area contributed by atoms with Crippen molar-refractivity contribution >= 4 is 9.39 Å². The van der Waals surface area contributed by atoms with Gasteiger partial charge in [0, 0.05) is 25.7 Å². The van der Waals surface area contributed by atoms with Gasteiger partial charge in [-0.05, 0) is 12.8 Å². The Morgan fingerprint density at radius 3 is 3.09 bits per heavy atom. The summed E-state index contributed by atoms with van der Waals surface area (Å²) in [5.74, 6) is 0. The van der Waals surface area contributed by atoms with Gasteiger partial charge in [0.05, 0.1) is 6.61 Å². The zero-order valence-electron chi connectivity index (χ0n) is 6.79. The standard InChI is InChI=1S/C7H17N2OP/c10-5-3-8-7-2-1-4-9(11)6-7/h7-8,10H,1-6,11H2. The van der Waals surface area contributed by atoms with Gasteiger partial charge in [0.25, 0.3) is 0 Å². The Morgan fingerprint density at radius 1 is 1.64 bits per heavy atom. The van der Waals surface area contributed by atoms with Gasteiger partial charge in [0.2, 0.25) is 0 Å². The van der Waals surface area contributed by atoms with E-state index in [2.05, 4.69) is 19.4 Å². The number of rotatable bonds is 3. The average Bonchev–Trinajstić information content (AvgIpc) is 2.01. The number of hydrogen-bond acceptors (Lipinski definition) is 3. The van der Waals surface area contributed by atoms with Gasteiger partial charge in [-0.15, -0.1) is 0 Å². The van der Waals surface area contributed by atoms with E-state index in [1.54, 1.807) is 0 Å². The van der Waals surface area contributed by atoms with Crippen LogP contribution in [0.3, 0.4) is 0 Å². The summed E-state index contributed by atoms with van der Waals surface area (Å²) in [5, 5.41) is 11.9. The molecule has 11 heavy (non-hydrogen) atoms. The second-order valence-corrected chi connectivity index (χ2v) is 3.74. The summed E-state index contributed by atoms with van der Waals surface area (Å²) in [6.07, 6.45) is 2.50. The highest BCUT2D eigenvalue weighted by atomic mass is 31.0. The van der Waals surface area contributed by atoms with E-state index in [4.69, 9.17) is 5.11 Å². The van der Waals surface area contributed by atoms with Crippen molar-refractivity contribution in [2.24, 2.45) is 0 Å². The molecular weight excluding hydrogens is 159 g/mol. The van der Waals surface area contributed by atoms with Crippen LogP contribution in [0.1, 0.15) is 12.8 Å². The molecule has 0 saturated carbocycles. The first-order chi connectivity index (χ1) is 5.33. The summed E-state index contributed by atoms with van der Waals surface area (Å²) >= 11 is 0. The van der Waals surface area contributed by atoms with E-state index in [1.807, 2.05) is 0 Å². The lowest BCUT2D eigenvalue weighted by atomic mass is 10.1. The maximum Gasteiger partial charge on any atom is 0.0556 e. The Labute approximate surface area is 70.4 Å². The number of nitrogens with one attached hydrogen (secondary N) is 1. The highest BCUT2D eigenvalue weighted by Gasteiger charge is 2.15. The van der Waals surface area contributed by atoms with Crippen LogP contribution in [-0.4, -0.2) is 42.1 Å². The number of aliphatic hydroxyl groups excluding tert-OH is 1. The molecule has 1 aliphatic rings. The van der Waals surface area contributed by atoms with E-state index in [1.165, 1.54) is 19.4 Å². The monoisotopic (exact) mass is 176 g/mol. The minimum Gasteiger partial charge on any atom is -0.395 e. The van der Waals surface area contributed by atoms with Crippen molar-refractivity contribution in [2.75, 3.05) is 26.2 Å². The fraction of sp³-hybridized carbons (Fsp3) is 1.00. The van der Waals surface area contributed by atoms with Gasteiger partial charge < -0.3 is 10.4 Å². The van der Waals surface area contributed by atoms with Crippen LogP contribution < -0.4 is 5.32 Å². The lowest BCUT2D eigenvalue weighted by molar-refractivity contribution is 0.256. The van der Waals surface area contributed by atoms with E-state index in [-0.39, 0.29) is 6.61 Å². The summed E-state index contributed by atoms with van der Waals surface area (Å²) in [4.78, 5) is 0. The summed E-state index contributed by atoms with van der Waals surface area (Å²) < 4.78 is 2.25. The molecule has 1 heterocycles. The molecule has 0 aromatic heterocycles. The summed E-state index contributed by atoms with van der Waals surface area (Å²) in [7, 11) is 2.73. The molecule has 0 aromatic rings. The van der Waals surface area contributed by atoms with Gasteiger partial charge >= 0.3 is 0 Å². The Hall–Kier alpha value is 0.310. The normalized spacial score (nSPS) is 27.3. The van der Waals surface area contributed by atoms with Crippen LogP contribution in [0.15, 0.2) is 0 Å². The molecule has 1 saturated heterocycles. The minimum absolute atomic E-state index is 0.243. The molecule has 4 heteroatoms. The number of piperidine rings is 1. The molecular formula is C7H17N2OP. The lowest BCUT2D eigenvalue weighted by Gasteiger charge is -2.29. The van der Waals surface area contributed by atoms with Crippen LogP contribution in [0.25, 0.3) is 0 Å². The third kappa shape index (κ3) is 3.48. The maximum atomic E-state index is 8.58. The van der Waals surface area contributed by atoms with Crippen molar-refractivity contribution in [3.05, 3.63) is 0 Å². The molecule has 3 nitrogen and oxygen atoms in total. The molecule has 66 valence electrons. The SMILES string of the molecule is OCCNC1CCCN(P)C1. The van der Waals surface area contributed by atoms with Crippen LogP contribution in [0, 0.1) is 0 Å².